The number of nitrogens with one attached hydrogen (secondary N) is 1. The van der Waals surface area contributed by atoms with Crippen LogP contribution in [0.2, 0.25) is 5.02 Å². The van der Waals surface area contributed by atoms with Crippen LogP contribution in [-0.4, -0.2) is 48.1 Å². The summed E-state index contributed by atoms with van der Waals surface area (Å²) >= 11 is 4.49. The zero-order chi connectivity index (χ0) is 18.0. The van der Waals surface area contributed by atoms with Crippen LogP contribution in [0, 0.1) is 6.92 Å². The van der Waals surface area contributed by atoms with Gasteiger partial charge >= 0.3 is 11.4 Å². The molecule has 138 valence electrons. The van der Waals surface area contributed by atoms with E-state index in [2.05, 4.69) is 24.0 Å². The maximum Gasteiger partial charge on any atom is 0.367 e. The number of oxazole rings is 1. The molecule has 0 aliphatic carbocycles. The molecule has 0 bridgehead atoms. The lowest BCUT2D eigenvalue weighted by atomic mass is 10.3. The fourth-order valence-electron chi connectivity index (χ4n) is 2.36. The number of rotatable bonds is 2. The first-order chi connectivity index (χ1) is 11.9. The van der Waals surface area contributed by atoms with Gasteiger partial charge in [0.15, 0.2) is 11.5 Å². The molecule has 0 spiro atoms. The molecule has 0 amide bonds. The molecular formula is C12H14ClN3O7S2. The molecule has 0 unspecified atom stereocenters. The molecule has 13 heteroatoms. The van der Waals surface area contributed by atoms with E-state index in [1.54, 1.807) is 19.1 Å². The van der Waals surface area contributed by atoms with Gasteiger partial charge in [-0.2, -0.15) is 8.51 Å². The number of hydrogen-bond donors (Lipinski definition) is 1. The second-order valence-electron chi connectivity index (χ2n) is 5.02. The predicted octanol–water partition coefficient (Wildman–Crippen LogP) is 0.842. The Morgan fingerprint density at radius 2 is 1.92 bits per heavy atom. The van der Waals surface area contributed by atoms with Gasteiger partial charge in [-0.15, -0.1) is 0 Å². The van der Waals surface area contributed by atoms with Crippen LogP contribution in [-0.2, 0) is 35.1 Å². The Kier molecular flexibility index (Phi) is 5.70. The molecule has 1 aromatic heterocycles. The van der Waals surface area contributed by atoms with Crippen molar-refractivity contribution in [3.63, 3.8) is 0 Å². The average molecular weight is 412 g/mol. The van der Waals surface area contributed by atoms with E-state index in [0.717, 1.165) is 0 Å². The highest BCUT2D eigenvalue weighted by atomic mass is 35.5. The summed E-state index contributed by atoms with van der Waals surface area (Å²) in [5.74, 6) is 0.416. The summed E-state index contributed by atoms with van der Waals surface area (Å²) in [5.41, 5.74) is 0.731. The minimum absolute atomic E-state index is 0.0131. The fraction of sp³-hybridized carbons (Fsp3) is 0.417. The van der Waals surface area contributed by atoms with Crippen LogP contribution in [0.1, 0.15) is 5.89 Å². The Morgan fingerprint density at radius 3 is 2.48 bits per heavy atom. The highest BCUT2D eigenvalue weighted by Gasteiger charge is 2.31. The van der Waals surface area contributed by atoms with E-state index in [1.165, 1.54) is 4.31 Å². The second-order valence-corrected chi connectivity index (χ2v) is 7.98. The number of aromatic nitrogens is 1. The summed E-state index contributed by atoms with van der Waals surface area (Å²) in [4.78, 5) is 4.17. The molecule has 25 heavy (non-hydrogen) atoms. The lowest BCUT2D eigenvalue weighted by Gasteiger charge is -2.26. The molecule has 0 atom stereocenters. The van der Waals surface area contributed by atoms with Gasteiger partial charge in [0, 0.05) is 33.1 Å². The third-order valence-corrected chi connectivity index (χ3v) is 6.14. The van der Waals surface area contributed by atoms with E-state index in [0.29, 0.717) is 37.6 Å². The van der Waals surface area contributed by atoms with Gasteiger partial charge in [-0.3, -0.25) is 0 Å². The Bertz CT molecular complexity index is 889. The number of aryl methyl sites for hydroxylation is 1. The van der Waals surface area contributed by atoms with E-state index >= 15 is 0 Å². The average Bonchev–Trinajstić information content (AvgIpc) is 2.94. The van der Waals surface area contributed by atoms with Crippen molar-refractivity contribution >= 4 is 44.1 Å². The zero-order valence-electron chi connectivity index (χ0n) is 12.9. The minimum atomic E-state index is -3.68. The number of nitrogens with zero attached hydrogens (tertiary/aromatic N) is 2. The highest BCUT2D eigenvalue weighted by molar-refractivity contribution is 7.89. The van der Waals surface area contributed by atoms with Gasteiger partial charge in [0.1, 0.15) is 10.4 Å². The summed E-state index contributed by atoms with van der Waals surface area (Å²) < 4.78 is 49.2. The van der Waals surface area contributed by atoms with E-state index in [4.69, 9.17) is 16.0 Å². The molecule has 0 radical (unpaired) electrons. The molecule has 2 aliphatic heterocycles. The molecule has 2 aromatic rings. The van der Waals surface area contributed by atoms with Crippen molar-refractivity contribution in [2.75, 3.05) is 26.2 Å². The topological polar surface area (TPSA) is 120 Å². The van der Waals surface area contributed by atoms with Crippen LogP contribution in [0.3, 0.4) is 0 Å². The largest absolute Gasteiger partial charge is 0.440 e. The lowest BCUT2D eigenvalue weighted by molar-refractivity contribution is -0.469. The molecule has 4 rings (SSSR count). The molecule has 1 aromatic carbocycles. The molecule has 3 heterocycles. The summed E-state index contributed by atoms with van der Waals surface area (Å²) in [7, 11) is -3.68. The van der Waals surface area contributed by atoms with Crippen molar-refractivity contribution in [2.24, 2.45) is 0 Å². The summed E-state index contributed by atoms with van der Waals surface area (Å²) in [6.07, 6.45) is 0. The van der Waals surface area contributed by atoms with Crippen LogP contribution < -0.4 is 5.32 Å². The Morgan fingerprint density at radius 1 is 1.28 bits per heavy atom. The monoisotopic (exact) mass is 411 g/mol. The quantitative estimate of drug-likeness (QED) is 0.716. The van der Waals surface area contributed by atoms with Gasteiger partial charge in [0.25, 0.3) is 0 Å². The maximum absolute atomic E-state index is 12.8. The van der Waals surface area contributed by atoms with Gasteiger partial charge in [-0.25, -0.2) is 13.4 Å². The molecular weight excluding hydrogens is 398 g/mol. The van der Waals surface area contributed by atoms with Crippen molar-refractivity contribution in [2.45, 2.75) is 11.8 Å². The van der Waals surface area contributed by atoms with Gasteiger partial charge in [-0.1, -0.05) is 20.3 Å². The Hall–Kier alpha value is -1.12. The van der Waals surface area contributed by atoms with Crippen LogP contribution in [0.5, 0.6) is 0 Å². The third kappa shape index (κ3) is 4.01. The lowest BCUT2D eigenvalue weighted by Crippen LogP contribution is -2.46. The standard InChI is InChI=1S/C12H14ClN3O3S.O4S/c1-8-15-10-3-2-9(13)12(11(10)19-8)20(17,18)16-6-4-14-5-7-16;1-5-3-2-4-5/h2-3,14H,4-7H2,1H3;. The van der Waals surface area contributed by atoms with Crippen LogP contribution in [0.25, 0.3) is 11.1 Å². The SMILES string of the molecule is Cc1nc2ccc(Cl)c(S(=O)(=O)N3CCNCC3)c2o1.O=S1OOO1. The van der Waals surface area contributed by atoms with Gasteiger partial charge in [0.05, 0.1) is 5.02 Å². The number of benzene rings is 1. The normalized spacial score (nSPS) is 19.3. The van der Waals surface area contributed by atoms with Crippen molar-refractivity contribution in [1.82, 2.24) is 14.6 Å². The summed E-state index contributed by atoms with van der Waals surface area (Å²) in [6, 6.07) is 3.20. The van der Waals surface area contributed by atoms with E-state index < -0.39 is 21.4 Å². The first kappa shape index (κ1) is 18.7. The molecule has 2 saturated heterocycles. The van der Waals surface area contributed by atoms with Gasteiger partial charge < -0.3 is 9.73 Å². The van der Waals surface area contributed by atoms with Crippen molar-refractivity contribution in [1.29, 1.82) is 0 Å². The number of fused-ring (bicyclic) bond motifs is 1. The van der Waals surface area contributed by atoms with Crippen molar-refractivity contribution in [3.05, 3.63) is 23.0 Å². The third-order valence-electron chi connectivity index (χ3n) is 3.41. The Labute approximate surface area is 150 Å². The molecule has 0 saturated carbocycles. The predicted molar refractivity (Wildman–Crippen MR) is 86.8 cm³/mol. The van der Waals surface area contributed by atoms with E-state index in [1.807, 2.05) is 0 Å². The second kappa shape index (κ2) is 7.63. The molecule has 1 N–H and O–H groups in total. The maximum atomic E-state index is 12.8. The van der Waals surface area contributed by atoms with Crippen molar-refractivity contribution in [3.8, 4) is 0 Å². The number of piperazine rings is 1. The molecule has 2 fully saturated rings. The molecule has 2 aliphatic rings. The van der Waals surface area contributed by atoms with Crippen molar-refractivity contribution < 1.29 is 30.7 Å². The first-order valence-corrected chi connectivity index (χ1v) is 9.92. The van der Waals surface area contributed by atoms with Gasteiger partial charge in [0.2, 0.25) is 10.0 Å². The highest BCUT2D eigenvalue weighted by Crippen LogP contribution is 2.33. The number of hydrogen-bond acceptors (Lipinski definition) is 9. The molecule has 10 nitrogen and oxygen atoms in total. The minimum Gasteiger partial charge on any atom is -0.440 e. The van der Waals surface area contributed by atoms with Crippen LogP contribution >= 0.6 is 11.6 Å². The number of sulfonamides is 1. The Balaban J connectivity index is 0.000000314. The summed E-state index contributed by atoms with van der Waals surface area (Å²) in [5, 5.41) is 6.81. The van der Waals surface area contributed by atoms with Crippen LogP contribution in [0.15, 0.2) is 21.4 Å². The van der Waals surface area contributed by atoms with Gasteiger partial charge in [-0.05, 0) is 17.2 Å². The number of halogens is 1. The van der Waals surface area contributed by atoms with E-state index in [9.17, 15) is 12.6 Å². The van der Waals surface area contributed by atoms with Crippen LogP contribution in [0.4, 0.5) is 0 Å². The first-order valence-electron chi connectivity index (χ1n) is 7.10. The fourth-order valence-corrected chi connectivity index (χ4v) is 4.52. The smallest absolute Gasteiger partial charge is 0.367 e. The summed E-state index contributed by atoms with van der Waals surface area (Å²) in [6.45, 7) is 3.77. The zero-order valence-corrected chi connectivity index (χ0v) is 15.3. The van der Waals surface area contributed by atoms with E-state index in [-0.39, 0.29) is 15.5 Å².